The van der Waals surface area contributed by atoms with Gasteiger partial charge in [0.05, 0.1) is 6.54 Å². The third kappa shape index (κ3) is 4.51. The maximum Gasteiger partial charge on any atom is 0.229 e. The molecule has 3 rings (SSSR count). The van der Waals surface area contributed by atoms with Crippen LogP contribution in [0.1, 0.15) is 64.1 Å². The summed E-state index contributed by atoms with van der Waals surface area (Å²) in [5, 5.41) is 7.74. The summed E-state index contributed by atoms with van der Waals surface area (Å²) in [6.07, 6.45) is 4.95. The first-order chi connectivity index (χ1) is 9.99. The summed E-state index contributed by atoms with van der Waals surface area (Å²) >= 11 is 0. The number of rotatable bonds is 5. The van der Waals surface area contributed by atoms with Crippen molar-refractivity contribution in [3.63, 3.8) is 0 Å². The van der Waals surface area contributed by atoms with E-state index in [0.717, 1.165) is 43.8 Å². The Labute approximate surface area is 127 Å². The van der Waals surface area contributed by atoms with Crippen molar-refractivity contribution in [1.82, 2.24) is 20.4 Å². The predicted molar refractivity (Wildman–Crippen MR) is 82.0 cm³/mol. The van der Waals surface area contributed by atoms with Crippen molar-refractivity contribution in [3.8, 4) is 0 Å². The van der Waals surface area contributed by atoms with Crippen molar-refractivity contribution in [1.29, 1.82) is 0 Å². The molecule has 21 heavy (non-hydrogen) atoms. The minimum atomic E-state index is 0.223. The fraction of sp³-hybridized carbons (Fsp3) is 0.875. The van der Waals surface area contributed by atoms with Crippen LogP contribution in [0.15, 0.2) is 4.52 Å². The highest BCUT2D eigenvalue weighted by atomic mass is 16.5. The predicted octanol–water partition coefficient (Wildman–Crippen LogP) is 2.55. The largest absolute Gasteiger partial charge is 0.339 e. The van der Waals surface area contributed by atoms with Crippen molar-refractivity contribution in [3.05, 3.63) is 11.7 Å². The van der Waals surface area contributed by atoms with Gasteiger partial charge in [0, 0.05) is 11.5 Å². The standard InChI is InChI=1S/C16H28N4O/c1-16(2,3)17-10-12-6-8-20(9-7-12)11-14-18-15(21-19-14)13-4-5-13/h12-13,17H,4-11H2,1-3H3. The Morgan fingerprint density at radius 1 is 1.19 bits per heavy atom. The van der Waals surface area contributed by atoms with Crippen molar-refractivity contribution in [2.75, 3.05) is 19.6 Å². The molecule has 1 saturated carbocycles. The molecule has 0 atom stereocenters. The molecule has 5 heteroatoms. The van der Waals surface area contributed by atoms with Crippen LogP contribution in [-0.2, 0) is 6.54 Å². The summed E-state index contributed by atoms with van der Waals surface area (Å²) in [4.78, 5) is 6.98. The van der Waals surface area contributed by atoms with Crippen LogP contribution in [0.5, 0.6) is 0 Å². The molecule has 0 amide bonds. The van der Waals surface area contributed by atoms with Crippen LogP contribution in [0.2, 0.25) is 0 Å². The average molecular weight is 292 g/mol. The van der Waals surface area contributed by atoms with Gasteiger partial charge in [-0.1, -0.05) is 5.16 Å². The monoisotopic (exact) mass is 292 g/mol. The first-order valence-corrected chi connectivity index (χ1v) is 8.29. The van der Waals surface area contributed by atoms with Crippen LogP contribution in [0.25, 0.3) is 0 Å². The Morgan fingerprint density at radius 2 is 1.90 bits per heavy atom. The van der Waals surface area contributed by atoms with Gasteiger partial charge in [0.15, 0.2) is 5.82 Å². The molecule has 1 N–H and O–H groups in total. The molecular formula is C16H28N4O. The summed E-state index contributed by atoms with van der Waals surface area (Å²) in [5.41, 5.74) is 0.223. The number of hydrogen-bond donors (Lipinski definition) is 1. The topological polar surface area (TPSA) is 54.2 Å². The second-order valence-electron chi connectivity index (χ2n) is 7.67. The molecule has 1 aliphatic carbocycles. The molecule has 1 aromatic heterocycles. The number of aromatic nitrogens is 2. The molecule has 2 heterocycles. The van der Waals surface area contributed by atoms with E-state index in [2.05, 4.69) is 41.1 Å². The fourth-order valence-corrected chi connectivity index (χ4v) is 2.83. The summed E-state index contributed by atoms with van der Waals surface area (Å²) in [6, 6.07) is 0. The van der Waals surface area contributed by atoms with Crippen molar-refractivity contribution >= 4 is 0 Å². The van der Waals surface area contributed by atoms with E-state index in [-0.39, 0.29) is 5.54 Å². The Bertz CT molecular complexity index is 453. The van der Waals surface area contributed by atoms with Crippen molar-refractivity contribution < 1.29 is 4.52 Å². The number of likely N-dealkylation sites (tertiary alicyclic amines) is 1. The molecule has 5 nitrogen and oxygen atoms in total. The molecule has 0 bridgehead atoms. The quantitative estimate of drug-likeness (QED) is 0.904. The van der Waals surface area contributed by atoms with Gasteiger partial charge in [0.25, 0.3) is 0 Å². The van der Waals surface area contributed by atoms with Crippen LogP contribution in [0.3, 0.4) is 0 Å². The summed E-state index contributed by atoms with van der Waals surface area (Å²) < 4.78 is 5.33. The van der Waals surface area contributed by atoms with Gasteiger partial charge in [-0.3, -0.25) is 4.90 Å². The molecule has 118 valence electrons. The Kier molecular flexibility index (Phi) is 4.31. The third-order valence-corrected chi connectivity index (χ3v) is 4.40. The van der Waals surface area contributed by atoms with E-state index >= 15 is 0 Å². The van der Waals surface area contributed by atoms with Gasteiger partial charge < -0.3 is 9.84 Å². The van der Waals surface area contributed by atoms with Gasteiger partial charge in [-0.05, 0) is 72.0 Å². The zero-order chi connectivity index (χ0) is 14.9. The van der Waals surface area contributed by atoms with Crippen molar-refractivity contribution in [2.24, 2.45) is 5.92 Å². The average Bonchev–Trinajstić information content (AvgIpc) is 3.18. The fourth-order valence-electron chi connectivity index (χ4n) is 2.83. The molecule has 1 saturated heterocycles. The number of nitrogens with one attached hydrogen (secondary N) is 1. The number of piperidine rings is 1. The lowest BCUT2D eigenvalue weighted by Crippen LogP contribution is -2.42. The van der Waals surface area contributed by atoms with Crippen LogP contribution in [0.4, 0.5) is 0 Å². The van der Waals surface area contributed by atoms with Gasteiger partial charge in [-0.25, -0.2) is 0 Å². The Hall–Kier alpha value is -0.940. The zero-order valence-corrected chi connectivity index (χ0v) is 13.6. The summed E-state index contributed by atoms with van der Waals surface area (Å²) in [6.45, 7) is 11.0. The van der Waals surface area contributed by atoms with E-state index in [4.69, 9.17) is 4.52 Å². The first kappa shape index (κ1) is 15.0. The molecule has 1 aromatic rings. The molecular weight excluding hydrogens is 264 g/mol. The Morgan fingerprint density at radius 3 is 2.52 bits per heavy atom. The van der Waals surface area contributed by atoms with Crippen LogP contribution in [0, 0.1) is 5.92 Å². The van der Waals surface area contributed by atoms with Crippen LogP contribution < -0.4 is 5.32 Å². The summed E-state index contributed by atoms with van der Waals surface area (Å²) in [7, 11) is 0. The van der Waals surface area contributed by atoms with E-state index in [1.807, 2.05) is 0 Å². The van der Waals surface area contributed by atoms with Crippen molar-refractivity contribution in [2.45, 2.75) is 64.5 Å². The molecule has 0 aromatic carbocycles. The van der Waals surface area contributed by atoms with Gasteiger partial charge >= 0.3 is 0 Å². The molecule has 0 radical (unpaired) electrons. The van der Waals surface area contributed by atoms with E-state index in [1.165, 1.54) is 25.7 Å². The van der Waals surface area contributed by atoms with E-state index in [9.17, 15) is 0 Å². The second-order valence-corrected chi connectivity index (χ2v) is 7.67. The van der Waals surface area contributed by atoms with Gasteiger partial charge in [0.2, 0.25) is 5.89 Å². The lowest BCUT2D eigenvalue weighted by Gasteiger charge is -2.33. The molecule has 0 spiro atoms. The van der Waals surface area contributed by atoms with Crippen LogP contribution >= 0.6 is 0 Å². The third-order valence-electron chi connectivity index (χ3n) is 4.40. The lowest BCUT2D eigenvalue weighted by molar-refractivity contribution is 0.165. The molecule has 0 unspecified atom stereocenters. The lowest BCUT2D eigenvalue weighted by atomic mass is 9.95. The molecule has 1 aliphatic heterocycles. The number of nitrogens with zero attached hydrogens (tertiary/aromatic N) is 3. The maximum absolute atomic E-state index is 5.33. The highest BCUT2D eigenvalue weighted by molar-refractivity contribution is 5.01. The zero-order valence-electron chi connectivity index (χ0n) is 13.6. The van der Waals surface area contributed by atoms with Gasteiger partial charge in [-0.15, -0.1) is 0 Å². The SMILES string of the molecule is CC(C)(C)NCC1CCN(Cc2noc(C3CC3)n2)CC1. The minimum Gasteiger partial charge on any atom is -0.339 e. The summed E-state index contributed by atoms with van der Waals surface area (Å²) in [5.74, 6) is 3.07. The van der Waals surface area contributed by atoms with E-state index in [1.54, 1.807) is 0 Å². The molecule has 2 aliphatic rings. The smallest absolute Gasteiger partial charge is 0.229 e. The van der Waals surface area contributed by atoms with Gasteiger partial charge in [-0.2, -0.15) is 4.98 Å². The first-order valence-electron chi connectivity index (χ1n) is 8.29. The Balaban J connectivity index is 1.40. The van der Waals surface area contributed by atoms with E-state index in [0.29, 0.717) is 5.92 Å². The minimum absolute atomic E-state index is 0.223. The highest BCUT2D eigenvalue weighted by Crippen LogP contribution is 2.38. The highest BCUT2D eigenvalue weighted by Gasteiger charge is 2.30. The maximum atomic E-state index is 5.33. The van der Waals surface area contributed by atoms with Crippen LogP contribution in [-0.4, -0.2) is 40.2 Å². The normalized spacial score (nSPS) is 21.9. The second kappa shape index (κ2) is 6.05. The van der Waals surface area contributed by atoms with Gasteiger partial charge in [0.1, 0.15) is 0 Å². The molecule has 2 fully saturated rings. The van der Waals surface area contributed by atoms with E-state index < -0.39 is 0 Å². The number of hydrogen-bond acceptors (Lipinski definition) is 5.